The number of hydrogen-bond acceptors (Lipinski definition) is 4. The molecule has 0 spiro atoms. The molecule has 0 bridgehead atoms. The summed E-state index contributed by atoms with van der Waals surface area (Å²) in [7, 11) is 1.63. The van der Waals surface area contributed by atoms with Crippen LogP contribution >= 0.6 is 0 Å². The number of non-ortho nitro benzene ring substituents is 1. The van der Waals surface area contributed by atoms with Gasteiger partial charge < -0.3 is 15.0 Å². The highest BCUT2D eigenvalue weighted by Gasteiger charge is 2.27. The molecule has 1 N–H and O–H groups in total. The van der Waals surface area contributed by atoms with Crippen molar-refractivity contribution in [1.29, 1.82) is 0 Å². The predicted octanol–water partition coefficient (Wildman–Crippen LogP) is 4.75. The van der Waals surface area contributed by atoms with Crippen molar-refractivity contribution in [2.45, 2.75) is 31.7 Å². The Bertz CT molecular complexity index is 790. The van der Waals surface area contributed by atoms with Gasteiger partial charge in [-0.3, -0.25) is 10.1 Å². The fourth-order valence-electron chi connectivity index (χ4n) is 3.39. The molecule has 0 aromatic heterocycles. The van der Waals surface area contributed by atoms with Crippen LogP contribution in [-0.2, 0) is 0 Å². The molecule has 2 amide bonds. The molecule has 7 nitrogen and oxygen atoms in total. The number of rotatable bonds is 4. The number of benzene rings is 2. The third-order valence-corrected chi connectivity index (χ3v) is 4.84. The lowest BCUT2D eigenvalue weighted by atomic mass is 10.0. The Morgan fingerprint density at radius 1 is 1.11 bits per heavy atom. The van der Waals surface area contributed by atoms with Crippen LogP contribution in [0.3, 0.4) is 0 Å². The lowest BCUT2D eigenvalue weighted by Crippen LogP contribution is -2.38. The minimum Gasteiger partial charge on any atom is -0.497 e. The second kappa shape index (κ2) is 8.53. The van der Waals surface area contributed by atoms with E-state index in [1.165, 1.54) is 12.1 Å². The van der Waals surface area contributed by atoms with Crippen LogP contribution in [0.5, 0.6) is 5.75 Å². The first kappa shape index (κ1) is 18.7. The number of carbonyl (C=O) groups excluding carboxylic acids is 1. The van der Waals surface area contributed by atoms with Gasteiger partial charge >= 0.3 is 6.03 Å². The molecule has 1 saturated heterocycles. The largest absolute Gasteiger partial charge is 0.497 e. The SMILES string of the molecule is COc1ccc([C@@H]2CCCCCN2C(=O)Nc2ccc([N+](=O)[O-])cc2)cc1. The monoisotopic (exact) mass is 369 g/mol. The van der Waals surface area contributed by atoms with Gasteiger partial charge in [-0.25, -0.2) is 4.79 Å². The number of anilines is 1. The van der Waals surface area contributed by atoms with Crippen LogP contribution < -0.4 is 10.1 Å². The molecule has 0 aliphatic carbocycles. The average molecular weight is 369 g/mol. The highest BCUT2D eigenvalue weighted by Crippen LogP contribution is 2.31. The molecule has 1 aliphatic heterocycles. The number of ether oxygens (including phenoxy) is 1. The summed E-state index contributed by atoms with van der Waals surface area (Å²) in [5.74, 6) is 0.786. The van der Waals surface area contributed by atoms with Crippen molar-refractivity contribution in [3.63, 3.8) is 0 Å². The first-order chi connectivity index (χ1) is 13.1. The third-order valence-electron chi connectivity index (χ3n) is 4.84. The Hall–Kier alpha value is -3.09. The first-order valence-electron chi connectivity index (χ1n) is 9.04. The zero-order valence-electron chi connectivity index (χ0n) is 15.3. The van der Waals surface area contributed by atoms with Crippen LogP contribution in [-0.4, -0.2) is 29.5 Å². The second-order valence-corrected chi connectivity index (χ2v) is 6.57. The topological polar surface area (TPSA) is 84.7 Å². The van der Waals surface area contributed by atoms with Crippen molar-refractivity contribution < 1.29 is 14.5 Å². The Morgan fingerprint density at radius 3 is 2.44 bits per heavy atom. The van der Waals surface area contributed by atoms with Crippen LogP contribution in [0.15, 0.2) is 48.5 Å². The Labute approximate surface area is 158 Å². The molecule has 1 atom stereocenters. The minimum atomic E-state index is -0.458. The van der Waals surface area contributed by atoms with Gasteiger partial charge in [-0.15, -0.1) is 0 Å². The summed E-state index contributed by atoms with van der Waals surface area (Å²) >= 11 is 0. The molecule has 2 aromatic carbocycles. The molecular weight excluding hydrogens is 346 g/mol. The number of likely N-dealkylation sites (tertiary alicyclic amines) is 1. The van der Waals surface area contributed by atoms with Gasteiger partial charge in [-0.1, -0.05) is 25.0 Å². The maximum atomic E-state index is 12.9. The molecule has 3 rings (SSSR count). The van der Waals surface area contributed by atoms with Gasteiger partial charge in [0.05, 0.1) is 18.1 Å². The van der Waals surface area contributed by atoms with Crippen molar-refractivity contribution in [3.05, 3.63) is 64.2 Å². The highest BCUT2D eigenvalue weighted by molar-refractivity contribution is 5.89. The molecule has 1 fully saturated rings. The van der Waals surface area contributed by atoms with E-state index >= 15 is 0 Å². The van der Waals surface area contributed by atoms with Gasteiger partial charge in [-0.2, -0.15) is 0 Å². The van der Waals surface area contributed by atoms with Gasteiger partial charge in [0, 0.05) is 24.4 Å². The first-order valence-corrected chi connectivity index (χ1v) is 9.04. The highest BCUT2D eigenvalue weighted by atomic mass is 16.6. The van der Waals surface area contributed by atoms with Crippen LogP contribution in [0.2, 0.25) is 0 Å². The fraction of sp³-hybridized carbons (Fsp3) is 0.350. The minimum absolute atomic E-state index is 0.00104. The number of urea groups is 1. The van der Waals surface area contributed by atoms with E-state index in [1.807, 2.05) is 29.2 Å². The number of nitro groups is 1. The third kappa shape index (κ3) is 4.55. The van der Waals surface area contributed by atoms with Crippen LogP contribution in [0.4, 0.5) is 16.2 Å². The Balaban J connectivity index is 1.77. The Morgan fingerprint density at radius 2 is 1.81 bits per heavy atom. The van der Waals surface area contributed by atoms with Crippen LogP contribution in [0.25, 0.3) is 0 Å². The van der Waals surface area contributed by atoms with E-state index in [2.05, 4.69) is 5.32 Å². The van der Waals surface area contributed by atoms with Gasteiger partial charge in [0.25, 0.3) is 5.69 Å². The summed E-state index contributed by atoms with van der Waals surface area (Å²) < 4.78 is 5.22. The van der Waals surface area contributed by atoms with Gasteiger partial charge in [0.15, 0.2) is 0 Å². The standard InChI is InChI=1S/C20H23N3O4/c1-27-18-12-6-15(7-13-18)19-5-3-2-4-14-22(19)20(24)21-16-8-10-17(11-9-16)23(25)26/h6-13,19H,2-5,14H2,1H3,(H,21,24)/t19-/m0/s1. The number of nitrogens with zero attached hydrogens (tertiary/aromatic N) is 2. The molecule has 0 radical (unpaired) electrons. The summed E-state index contributed by atoms with van der Waals surface area (Å²) in [5, 5.41) is 13.6. The van der Waals surface area contributed by atoms with Gasteiger partial charge in [0.1, 0.15) is 5.75 Å². The zero-order valence-corrected chi connectivity index (χ0v) is 15.3. The molecule has 27 heavy (non-hydrogen) atoms. The van der Waals surface area contributed by atoms with Crippen LogP contribution in [0, 0.1) is 10.1 Å². The summed E-state index contributed by atoms with van der Waals surface area (Å²) in [6.07, 6.45) is 4.02. The molecule has 0 unspecified atom stereocenters. The van der Waals surface area contributed by atoms with Gasteiger partial charge in [-0.05, 0) is 42.7 Å². The van der Waals surface area contributed by atoms with E-state index in [0.29, 0.717) is 12.2 Å². The number of nitrogens with one attached hydrogen (secondary N) is 1. The molecule has 142 valence electrons. The van der Waals surface area contributed by atoms with E-state index in [4.69, 9.17) is 4.74 Å². The van der Waals surface area contributed by atoms with Crippen molar-refractivity contribution in [1.82, 2.24) is 4.90 Å². The maximum absolute atomic E-state index is 12.9. The van der Waals surface area contributed by atoms with E-state index < -0.39 is 4.92 Å². The molecular formula is C20H23N3O4. The molecule has 1 aliphatic rings. The quantitative estimate of drug-likeness (QED) is 0.622. The number of methoxy groups -OCH3 is 1. The molecule has 7 heteroatoms. The summed E-state index contributed by atoms with van der Waals surface area (Å²) in [6.45, 7) is 0.676. The smallest absolute Gasteiger partial charge is 0.322 e. The van der Waals surface area contributed by atoms with Crippen molar-refractivity contribution >= 4 is 17.4 Å². The lowest BCUT2D eigenvalue weighted by Gasteiger charge is -2.30. The van der Waals surface area contributed by atoms with Crippen LogP contribution in [0.1, 0.15) is 37.3 Å². The van der Waals surface area contributed by atoms with Crippen molar-refractivity contribution in [2.24, 2.45) is 0 Å². The average Bonchev–Trinajstić information content (AvgIpc) is 2.94. The van der Waals surface area contributed by atoms with Crippen molar-refractivity contribution in [2.75, 3.05) is 19.0 Å². The predicted molar refractivity (Wildman–Crippen MR) is 103 cm³/mol. The van der Waals surface area contributed by atoms with E-state index in [0.717, 1.165) is 37.0 Å². The molecule has 2 aromatic rings. The number of hydrogen-bond donors (Lipinski definition) is 1. The summed E-state index contributed by atoms with van der Waals surface area (Å²) in [6, 6.07) is 13.5. The van der Waals surface area contributed by atoms with Gasteiger partial charge in [0.2, 0.25) is 0 Å². The number of carbonyl (C=O) groups is 1. The molecule has 0 saturated carbocycles. The second-order valence-electron chi connectivity index (χ2n) is 6.57. The lowest BCUT2D eigenvalue weighted by molar-refractivity contribution is -0.384. The summed E-state index contributed by atoms with van der Waals surface area (Å²) in [5.41, 5.74) is 1.62. The Kier molecular flexibility index (Phi) is 5.90. The fourth-order valence-corrected chi connectivity index (χ4v) is 3.39. The number of amides is 2. The van der Waals surface area contributed by atoms with E-state index in [1.54, 1.807) is 19.2 Å². The number of nitro benzene ring substituents is 1. The van der Waals surface area contributed by atoms with E-state index in [9.17, 15) is 14.9 Å². The van der Waals surface area contributed by atoms with E-state index in [-0.39, 0.29) is 17.8 Å². The maximum Gasteiger partial charge on any atom is 0.322 e. The normalized spacial score (nSPS) is 17.1. The zero-order chi connectivity index (χ0) is 19.2. The van der Waals surface area contributed by atoms with Crippen molar-refractivity contribution in [3.8, 4) is 5.75 Å². The molecule has 1 heterocycles. The summed E-state index contributed by atoms with van der Waals surface area (Å²) in [4.78, 5) is 25.1.